The number of fused-ring (bicyclic) bond motifs is 1. The first kappa shape index (κ1) is 31.0. The number of rotatable bonds is 7. The molecule has 0 radical (unpaired) electrons. The van der Waals surface area contributed by atoms with E-state index in [1.165, 1.54) is 27.8 Å². The molecule has 244 valence electrons. The van der Waals surface area contributed by atoms with Crippen LogP contribution in [0.15, 0.2) is 195 Å². The van der Waals surface area contributed by atoms with Crippen molar-refractivity contribution >= 4 is 10.9 Å². The molecule has 9 aromatic rings. The van der Waals surface area contributed by atoms with Crippen LogP contribution in [0.5, 0.6) is 0 Å². The summed E-state index contributed by atoms with van der Waals surface area (Å²) < 4.78 is 0. The topological polar surface area (TPSA) is 51.6 Å². The number of hydrogen-bond acceptors (Lipinski definition) is 4. The molecule has 0 N–H and O–H groups in total. The van der Waals surface area contributed by atoms with E-state index in [4.69, 9.17) is 15.0 Å². The Bertz CT molecular complexity index is 2690. The number of para-hydroxylation sites is 1. The van der Waals surface area contributed by atoms with Crippen LogP contribution in [-0.4, -0.2) is 19.9 Å². The molecule has 9 rings (SSSR count). The maximum atomic E-state index is 5.15. The Balaban J connectivity index is 1.06. The van der Waals surface area contributed by atoms with Crippen LogP contribution in [0.4, 0.5) is 0 Å². The van der Waals surface area contributed by atoms with Gasteiger partial charge in [-0.2, -0.15) is 0 Å². The maximum Gasteiger partial charge on any atom is 0.160 e. The molecule has 0 fully saturated rings. The highest BCUT2D eigenvalue weighted by molar-refractivity contribution is 5.93. The molecule has 4 nitrogen and oxygen atoms in total. The Kier molecular flexibility index (Phi) is 8.16. The predicted molar refractivity (Wildman–Crippen MR) is 213 cm³/mol. The lowest BCUT2D eigenvalue weighted by Gasteiger charge is -2.12. The van der Waals surface area contributed by atoms with E-state index in [1.54, 1.807) is 12.4 Å². The highest BCUT2D eigenvalue weighted by Crippen LogP contribution is 2.34. The van der Waals surface area contributed by atoms with Crippen LogP contribution in [0, 0.1) is 0 Å². The van der Waals surface area contributed by atoms with Crippen LogP contribution < -0.4 is 0 Å². The van der Waals surface area contributed by atoms with Crippen molar-refractivity contribution in [2.24, 2.45) is 0 Å². The summed E-state index contributed by atoms with van der Waals surface area (Å²) in [5.41, 5.74) is 14.9. The van der Waals surface area contributed by atoms with Gasteiger partial charge in [0.15, 0.2) is 5.82 Å². The summed E-state index contributed by atoms with van der Waals surface area (Å²) in [5, 5.41) is 0.962. The molecule has 0 saturated heterocycles. The number of pyridine rings is 2. The van der Waals surface area contributed by atoms with E-state index in [0.717, 1.165) is 55.7 Å². The van der Waals surface area contributed by atoms with Crippen molar-refractivity contribution in [2.75, 3.05) is 0 Å². The minimum absolute atomic E-state index is 0.660. The van der Waals surface area contributed by atoms with E-state index in [-0.39, 0.29) is 0 Å². The van der Waals surface area contributed by atoms with E-state index < -0.39 is 0 Å². The number of hydrogen-bond donors (Lipinski definition) is 0. The van der Waals surface area contributed by atoms with Gasteiger partial charge in [-0.15, -0.1) is 0 Å². The molecular weight excluding hydrogens is 633 g/mol. The fraction of sp³-hybridized carbons (Fsp3) is 0. The SMILES string of the molecule is c1ccc(-c2cccc(-c3cccc(-c4cccc(-c5cccc(-c6nc(-c7cc(-c8ccncc8)ccn7)c7ccccc7n6)c5)c4)c3)c2)cc1. The summed E-state index contributed by atoms with van der Waals surface area (Å²) in [6.07, 6.45) is 5.45. The van der Waals surface area contributed by atoms with Gasteiger partial charge in [-0.25, -0.2) is 9.97 Å². The average Bonchev–Trinajstić information content (AvgIpc) is 3.24. The third-order valence-electron chi connectivity index (χ3n) is 9.44. The summed E-state index contributed by atoms with van der Waals surface area (Å²) in [4.78, 5) is 19.1. The minimum atomic E-state index is 0.660. The van der Waals surface area contributed by atoms with Crippen LogP contribution in [-0.2, 0) is 0 Å². The van der Waals surface area contributed by atoms with Crippen molar-refractivity contribution in [3.63, 3.8) is 0 Å². The molecule has 0 saturated carbocycles. The third-order valence-corrected chi connectivity index (χ3v) is 9.44. The molecule has 0 aliphatic heterocycles. The summed E-state index contributed by atoms with van der Waals surface area (Å²) in [5.74, 6) is 0.660. The summed E-state index contributed by atoms with van der Waals surface area (Å²) >= 11 is 0. The first-order valence-electron chi connectivity index (χ1n) is 17.4. The standard InChI is InChI=1S/C48H32N4/c1-2-10-33(11-3-1)35-12-6-13-36(28-35)37-14-7-15-38(29-37)39-16-8-17-40(30-39)41-18-9-19-43(31-41)48-51-45-21-5-4-20-44(45)47(52-48)46-32-42(24-27-50-46)34-22-25-49-26-23-34/h1-32H. The van der Waals surface area contributed by atoms with Gasteiger partial charge >= 0.3 is 0 Å². The summed E-state index contributed by atoms with van der Waals surface area (Å²) in [6, 6.07) is 61.5. The second-order valence-corrected chi connectivity index (χ2v) is 12.8. The zero-order valence-corrected chi connectivity index (χ0v) is 28.3. The molecular formula is C48H32N4. The Morgan fingerprint density at radius 2 is 0.750 bits per heavy atom. The van der Waals surface area contributed by atoms with Crippen molar-refractivity contribution in [3.05, 3.63) is 195 Å². The van der Waals surface area contributed by atoms with Crippen molar-refractivity contribution in [2.45, 2.75) is 0 Å². The number of nitrogens with zero attached hydrogens (tertiary/aromatic N) is 4. The first-order chi connectivity index (χ1) is 25.7. The lowest BCUT2D eigenvalue weighted by Crippen LogP contribution is -1.97. The van der Waals surface area contributed by atoms with Crippen LogP contribution in [0.2, 0.25) is 0 Å². The molecule has 0 aliphatic carbocycles. The Hall–Kier alpha value is -7.04. The Morgan fingerprint density at radius 3 is 1.37 bits per heavy atom. The highest BCUT2D eigenvalue weighted by atomic mass is 14.9. The second-order valence-electron chi connectivity index (χ2n) is 12.8. The largest absolute Gasteiger partial charge is 0.265 e. The van der Waals surface area contributed by atoms with E-state index in [2.05, 4.69) is 145 Å². The summed E-state index contributed by atoms with van der Waals surface area (Å²) in [7, 11) is 0. The molecule has 0 amide bonds. The van der Waals surface area contributed by atoms with Crippen LogP contribution in [0.3, 0.4) is 0 Å². The van der Waals surface area contributed by atoms with E-state index >= 15 is 0 Å². The highest BCUT2D eigenvalue weighted by Gasteiger charge is 2.14. The fourth-order valence-electron chi connectivity index (χ4n) is 6.79. The lowest BCUT2D eigenvalue weighted by molar-refractivity contribution is 1.20. The average molecular weight is 665 g/mol. The van der Waals surface area contributed by atoms with Gasteiger partial charge in [0.25, 0.3) is 0 Å². The third kappa shape index (κ3) is 6.26. The summed E-state index contributed by atoms with van der Waals surface area (Å²) in [6.45, 7) is 0. The molecule has 0 spiro atoms. The molecule has 0 aliphatic rings. The smallest absolute Gasteiger partial charge is 0.160 e. The van der Waals surface area contributed by atoms with Gasteiger partial charge in [-0.05, 0) is 110 Å². The second kappa shape index (κ2) is 13.7. The predicted octanol–water partition coefficient (Wildman–Crippen LogP) is 12.1. The van der Waals surface area contributed by atoms with Crippen molar-refractivity contribution < 1.29 is 0 Å². The van der Waals surface area contributed by atoms with Gasteiger partial charge in [0.2, 0.25) is 0 Å². The zero-order valence-electron chi connectivity index (χ0n) is 28.3. The van der Waals surface area contributed by atoms with Crippen molar-refractivity contribution in [1.29, 1.82) is 0 Å². The van der Waals surface area contributed by atoms with Crippen LogP contribution in [0.25, 0.3) is 89.3 Å². The van der Waals surface area contributed by atoms with Gasteiger partial charge in [0, 0.05) is 29.5 Å². The van der Waals surface area contributed by atoms with Gasteiger partial charge in [-0.3, -0.25) is 9.97 Å². The molecule has 0 bridgehead atoms. The number of benzene rings is 6. The maximum absolute atomic E-state index is 5.15. The quantitative estimate of drug-likeness (QED) is 0.170. The van der Waals surface area contributed by atoms with Gasteiger partial charge in [0.1, 0.15) is 5.69 Å². The monoisotopic (exact) mass is 664 g/mol. The van der Waals surface area contributed by atoms with Gasteiger partial charge in [-0.1, -0.05) is 121 Å². The number of aromatic nitrogens is 4. The first-order valence-corrected chi connectivity index (χ1v) is 17.4. The molecule has 3 heterocycles. The molecule has 0 atom stereocenters. The minimum Gasteiger partial charge on any atom is -0.265 e. The lowest BCUT2D eigenvalue weighted by atomic mass is 9.94. The van der Waals surface area contributed by atoms with E-state index in [0.29, 0.717) is 5.82 Å². The molecule has 52 heavy (non-hydrogen) atoms. The van der Waals surface area contributed by atoms with Crippen molar-refractivity contribution in [3.8, 4) is 78.4 Å². The Labute approximate surface area is 302 Å². The Morgan fingerprint density at radius 1 is 0.308 bits per heavy atom. The van der Waals surface area contributed by atoms with E-state index in [9.17, 15) is 0 Å². The fourth-order valence-corrected chi connectivity index (χ4v) is 6.79. The van der Waals surface area contributed by atoms with Crippen LogP contribution in [0.1, 0.15) is 0 Å². The normalized spacial score (nSPS) is 11.1. The molecule has 3 aromatic heterocycles. The van der Waals surface area contributed by atoms with E-state index in [1.807, 2.05) is 42.6 Å². The molecule has 0 unspecified atom stereocenters. The zero-order chi connectivity index (χ0) is 34.7. The molecule has 4 heteroatoms. The van der Waals surface area contributed by atoms with Gasteiger partial charge < -0.3 is 0 Å². The van der Waals surface area contributed by atoms with Gasteiger partial charge in [0.05, 0.1) is 11.2 Å². The van der Waals surface area contributed by atoms with Crippen LogP contribution >= 0.6 is 0 Å². The molecule has 6 aromatic carbocycles. The van der Waals surface area contributed by atoms with Crippen molar-refractivity contribution in [1.82, 2.24) is 19.9 Å².